The van der Waals surface area contributed by atoms with Crippen molar-refractivity contribution in [2.24, 2.45) is 0 Å². The van der Waals surface area contributed by atoms with Crippen LogP contribution in [-0.2, 0) is 11.2 Å². The number of hydrogen-bond acceptors (Lipinski definition) is 3. The van der Waals surface area contributed by atoms with E-state index in [9.17, 15) is 0 Å². The van der Waals surface area contributed by atoms with Crippen molar-refractivity contribution in [3.8, 4) is 0 Å². The summed E-state index contributed by atoms with van der Waals surface area (Å²) in [6.45, 7) is 0.686. The number of ether oxygens (including phenoxy) is 1. The Balaban J connectivity index is 1.82. The van der Waals surface area contributed by atoms with Crippen LogP contribution in [0.4, 0.5) is 5.69 Å². The molecule has 3 heteroatoms. The van der Waals surface area contributed by atoms with Gasteiger partial charge in [0, 0.05) is 24.5 Å². The Hall–Kier alpha value is -1.90. The normalized spacial score (nSPS) is 24.8. The minimum atomic E-state index is 0.424. The summed E-state index contributed by atoms with van der Waals surface area (Å²) in [5.41, 5.74) is 4.02. The van der Waals surface area contributed by atoms with Gasteiger partial charge in [0.2, 0.25) is 0 Å². The Morgan fingerprint density at radius 1 is 1.19 bits per heavy atom. The van der Waals surface area contributed by atoms with Gasteiger partial charge in [0.1, 0.15) is 12.8 Å². The molecule has 0 spiro atoms. The third-order valence-electron chi connectivity index (χ3n) is 3.48. The van der Waals surface area contributed by atoms with E-state index in [1.165, 1.54) is 16.9 Å². The first-order chi connectivity index (χ1) is 7.93. The van der Waals surface area contributed by atoms with Gasteiger partial charge in [-0.2, -0.15) is 0 Å². The number of rotatable bonds is 0. The van der Waals surface area contributed by atoms with Gasteiger partial charge in [-0.3, -0.25) is 0 Å². The topological polar surface area (TPSA) is 15.7 Å². The zero-order chi connectivity index (χ0) is 10.5. The molecule has 1 aromatic carbocycles. The Morgan fingerprint density at radius 2 is 2.12 bits per heavy atom. The van der Waals surface area contributed by atoms with E-state index >= 15 is 0 Å². The molecule has 0 aromatic heterocycles. The molecular formula is C13H12N2O. The van der Waals surface area contributed by atoms with Gasteiger partial charge >= 0.3 is 0 Å². The SMILES string of the molecule is C1=CN2C(=CN3c4ccccc4CC23)CO1. The maximum atomic E-state index is 5.32. The monoisotopic (exact) mass is 212 g/mol. The fraction of sp³-hybridized carbons (Fsp3) is 0.231. The maximum absolute atomic E-state index is 5.32. The zero-order valence-electron chi connectivity index (χ0n) is 8.84. The third kappa shape index (κ3) is 0.927. The van der Waals surface area contributed by atoms with Gasteiger partial charge in [0.25, 0.3) is 0 Å². The van der Waals surface area contributed by atoms with Crippen LogP contribution in [-0.4, -0.2) is 17.7 Å². The lowest BCUT2D eigenvalue weighted by Crippen LogP contribution is -2.35. The van der Waals surface area contributed by atoms with E-state index in [1.807, 2.05) is 6.20 Å². The molecule has 0 N–H and O–H groups in total. The summed E-state index contributed by atoms with van der Waals surface area (Å²) in [6.07, 6.45) is 7.53. The van der Waals surface area contributed by atoms with Crippen LogP contribution < -0.4 is 4.90 Å². The van der Waals surface area contributed by atoms with E-state index in [1.54, 1.807) is 6.26 Å². The smallest absolute Gasteiger partial charge is 0.129 e. The summed E-state index contributed by atoms with van der Waals surface area (Å²) >= 11 is 0. The number of hydrogen-bond donors (Lipinski definition) is 0. The molecule has 0 bridgehead atoms. The second-order valence-corrected chi connectivity index (χ2v) is 4.34. The zero-order valence-corrected chi connectivity index (χ0v) is 8.84. The predicted molar refractivity (Wildman–Crippen MR) is 61.4 cm³/mol. The van der Waals surface area contributed by atoms with Crippen molar-refractivity contribution in [2.45, 2.75) is 12.6 Å². The first-order valence-electron chi connectivity index (χ1n) is 5.57. The summed E-state index contributed by atoms with van der Waals surface area (Å²) in [5, 5.41) is 0. The van der Waals surface area contributed by atoms with Crippen LogP contribution in [0.1, 0.15) is 5.56 Å². The number of fused-ring (bicyclic) bond motifs is 5. The molecule has 3 aliphatic rings. The van der Waals surface area contributed by atoms with Crippen molar-refractivity contribution in [3.05, 3.63) is 54.2 Å². The van der Waals surface area contributed by atoms with E-state index in [-0.39, 0.29) is 0 Å². The molecule has 3 aliphatic heterocycles. The van der Waals surface area contributed by atoms with Crippen LogP contribution in [0.25, 0.3) is 0 Å². The molecule has 0 saturated carbocycles. The first-order valence-corrected chi connectivity index (χ1v) is 5.57. The highest BCUT2D eigenvalue weighted by molar-refractivity contribution is 5.63. The summed E-state index contributed by atoms with van der Waals surface area (Å²) in [7, 11) is 0. The Morgan fingerprint density at radius 3 is 3.12 bits per heavy atom. The summed E-state index contributed by atoms with van der Waals surface area (Å²) in [6, 6.07) is 8.62. The Kier molecular flexibility index (Phi) is 1.46. The number of para-hydroxylation sites is 1. The van der Waals surface area contributed by atoms with Gasteiger partial charge in [0.15, 0.2) is 0 Å². The van der Waals surface area contributed by atoms with Crippen LogP contribution in [0.2, 0.25) is 0 Å². The molecule has 0 aliphatic carbocycles. The van der Waals surface area contributed by atoms with Crippen molar-refractivity contribution in [1.82, 2.24) is 4.90 Å². The molecule has 3 heterocycles. The molecule has 4 rings (SSSR count). The van der Waals surface area contributed by atoms with Gasteiger partial charge in [-0.05, 0) is 11.6 Å². The average Bonchev–Trinajstić information content (AvgIpc) is 2.85. The van der Waals surface area contributed by atoms with Crippen molar-refractivity contribution >= 4 is 5.69 Å². The quantitative estimate of drug-likeness (QED) is 0.654. The Labute approximate surface area is 94.2 Å². The fourth-order valence-electron chi connectivity index (χ4n) is 2.75. The fourth-order valence-corrected chi connectivity index (χ4v) is 2.75. The van der Waals surface area contributed by atoms with Gasteiger partial charge in [-0.1, -0.05) is 18.2 Å². The van der Waals surface area contributed by atoms with Crippen LogP contribution in [0.5, 0.6) is 0 Å². The largest absolute Gasteiger partial charge is 0.493 e. The van der Waals surface area contributed by atoms with Crippen molar-refractivity contribution in [1.29, 1.82) is 0 Å². The van der Waals surface area contributed by atoms with Crippen LogP contribution >= 0.6 is 0 Å². The highest BCUT2D eigenvalue weighted by Crippen LogP contribution is 2.40. The van der Waals surface area contributed by atoms with E-state index in [0.717, 1.165) is 6.42 Å². The minimum absolute atomic E-state index is 0.424. The number of benzene rings is 1. The third-order valence-corrected chi connectivity index (χ3v) is 3.48. The molecule has 1 unspecified atom stereocenters. The molecule has 3 nitrogen and oxygen atoms in total. The summed E-state index contributed by atoms with van der Waals surface area (Å²) in [5.74, 6) is 0. The van der Waals surface area contributed by atoms with Crippen LogP contribution in [0, 0.1) is 0 Å². The number of anilines is 1. The van der Waals surface area contributed by atoms with Gasteiger partial charge < -0.3 is 14.5 Å². The van der Waals surface area contributed by atoms with E-state index in [0.29, 0.717) is 12.8 Å². The van der Waals surface area contributed by atoms with Crippen molar-refractivity contribution in [2.75, 3.05) is 11.5 Å². The molecule has 0 radical (unpaired) electrons. The molecule has 0 amide bonds. The summed E-state index contributed by atoms with van der Waals surface area (Å²) in [4.78, 5) is 4.66. The molecule has 80 valence electrons. The van der Waals surface area contributed by atoms with E-state index in [4.69, 9.17) is 4.74 Å². The molecule has 1 atom stereocenters. The second-order valence-electron chi connectivity index (χ2n) is 4.34. The second kappa shape index (κ2) is 2.82. The van der Waals surface area contributed by atoms with Gasteiger partial charge in [0.05, 0.1) is 12.0 Å². The maximum Gasteiger partial charge on any atom is 0.129 e. The highest BCUT2D eigenvalue weighted by atomic mass is 16.5. The molecule has 0 saturated heterocycles. The molecule has 0 fully saturated rings. The molecule has 1 aromatic rings. The highest BCUT2D eigenvalue weighted by Gasteiger charge is 2.38. The molecular weight excluding hydrogens is 200 g/mol. The number of nitrogens with zero attached hydrogens (tertiary/aromatic N) is 2. The predicted octanol–water partition coefficient (Wildman–Crippen LogP) is 2.03. The average molecular weight is 212 g/mol. The van der Waals surface area contributed by atoms with Gasteiger partial charge in [-0.25, -0.2) is 0 Å². The van der Waals surface area contributed by atoms with Crippen molar-refractivity contribution < 1.29 is 4.74 Å². The van der Waals surface area contributed by atoms with E-state index in [2.05, 4.69) is 40.3 Å². The van der Waals surface area contributed by atoms with E-state index < -0.39 is 0 Å². The summed E-state index contributed by atoms with van der Waals surface area (Å²) < 4.78 is 5.32. The molecule has 16 heavy (non-hydrogen) atoms. The standard InChI is InChI=1S/C13H12N2O/c1-2-4-12-10(3-1)7-13-14-5-6-16-9-11(14)8-15(12)13/h1-6,8,13H,7,9H2. The van der Waals surface area contributed by atoms with Crippen LogP contribution in [0.3, 0.4) is 0 Å². The lowest BCUT2D eigenvalue weighted by atomic mass is 10.1. The minimum Gasteiger partial charge on any atom is -0.493 e. The Bertz CT molecular complexity index is 506. The lowest BCUT2D eigenvalue weighted by molar-refractivity contribution is 0.205. The first kappa shape index (κ1) is 8.28. The van der Waals surface area contributed by atoms with Crippen molar-refractivity contribution in [3.63, 3.8) is 0 Å². The van der Waals surface area contributed by atoms with Crippen LogP contribution in [0.15, 0.2) is 48.6 Å². The lowest BCUT2D eigenvalue weighted by Gasteiger charge is -2.28. The van der Waals surface area contributed by atoms with Gasteiger partial charge in [-0.15, -0.1) is 0 Å².